The van der Waals surface area contributed by atoms with Crippen LogP contribution in [0.25, 0.3) is 0 Å². The molecule has 156 valence electrons. The molecule has 3 aliphatic heterocycles. The van der Waals surface area contributed by atoms with Crippen molar-refractivity contribution in [1.82, 2.24) is 20.4 Å². The molecule has 1 unspecified atom stereocenters. The van der Waals surface area contributed by atoms with Gasteiger partial charge in [0.05, 0.1) is 13.7 Å². The molecule has 7 nitrogen and oxygen atoms in total. The summed E-state index contributed by atoms with van der Waals surface area (Å²) in [6.07, 6.45) is 0.973. The number of rotatable bonds is 10. The van der Waals surface area contributed by atoms with E-state index >= 15 is 0 Å². The van der Waals surface area contributed by atoms with E-state index in [1.54, 1.807) is 7.11 Å². The standard InChI is InChI=1S/C21H35N5O2/c1-3-28-14-4-9-22-21(23-15-18-5-7-20(27-2)8-6-18)24-16-19-17-25-10-12-26(19)13-11-25/h5-8,19H,3-4,9-17H2,1-2H3,(H2,22,23,24). The van der Waals surface area contributed by atoms with Crippen LogP contribution < -0.4 is 15.4 Å². The van der Waals surface area contributed by atoms with Crippen molar-refractivity contribution < 1.29 is 9.47 Å². The molecule has 0 radical (unpaired) electrons. The van der Waals surface area contributed by atoms with Crippen molar-refractivity contribution in [2.24, 2.45) is 4.99 Å². The summed E-state index contributed by atoms with van der Waals surface area (Å²) in [5.41, 5.74) is 1.17. The van der Waals surface area contributed by atoms with E-state index in [-0.39, 0.29) is 0 Å². The van der Waals surface area contributed by atoms with Crippen molar-refractivity contribution in [2.75, 3.05) is 66.1 Å². The number of fused-ring (bicyclic) bond motifs is 3. The number of guanidine groups is 1. The summed E-state index contributed by atoms with van der Waals surface area (Å²) in [5.74, 6) is 1.75. The van der Waals surface area contributed by atoms with Crippen molar-refractivity contribution in [3.63, 3.8) is 0 Å². The number of nitrogens with zero attached hydrogens (tertiary/aromatic N) is 3. The summed E-state index contributed by atoms with van der Waals surface area (Å²) >= 11 is 0. The fourth-order valence-electron chi connectivity index (χ4n) is 3.73. The van der Waals surface area contributed by atoms with Crippen LogP contribution in [0.1, 0.15) is 18.9 Å². The van der Waals surface area contributed by atoms with Gasteiger partial charge in [-0.25, -0.2) is 4.99 Å². The first kappa shape index (κ1) is 20.9. The minimum Gasteiger partial charge on any atom is -0.497 e. The third-order valence-electron chi connectivity index (χ3n) is 5.44. The van der Waals surface area contributed by atoms with Crippen molar-refractivity contribution >= 4 is 5.96 Å². The second kappa shape index (κ2) is 11.2. The van der Waals surface area contributed by atoms with Crippen LogP contribution in [0.2, 0.25) is 0 Å². The summed E-state index contributed by atoms with van der Waals surface area (Å²) in [6.45, 7) is 12.0. The Bertz CT molecular complexity index is 599. The first-order chi connectivity index (χ1) is 13.8. The highest BCUT2D eigenvalue weighted by atomic mass is 16.5. The smallest absolute Gasteiger partial charge is 0.191 e. The quantitative estimate of drug-likeness (QED) is 0.356. The van der Waals surface area contributed by atoms with Crippen LogP contribution in [0.5, 0.6) is 5.75 Å². The van der Waals surface area contributed by atoms with Crippen molar-refractivity contribution in [3.8, 4) is 5.75 Å². The predicted molar refractivity (Wildman–Crippen MR) is 113 cm³/mol. The molecular weight excluding hydrogens is 354 g/mol. The number of ether oxygens (including phenoxy) is 2. The van der Waals surface area contributed by atoms with Gasteiger partial charge in [0, 0.05) is 65.1 Å². The number of nitrogens with one attached hydrogen (secondary N) is 2. The molecule has 3 saturated heterocycles. The Balaban J connectivity index is 1.52. The highest BCUT2D eigenvalue weighted by molar-refractivity contribution is 5.79. The Morgan fingerprint density at radius 3 is 2.57 bits per heavy atom. The van der Waals surface area contributed by atoms with Crippen LogP contribution in [0.3, 0.4) is 0 Å². The molecule has 3 heterocycles. The van der Waals surface area contributed by atoms with Gasteiger partial charge in [0.25, 0.3) is 0 Å². The molecule has 1 atom stereocenters. The maximum atomic E-state index is 5.43. The van der Waals surface area contributed by atoms with Gasteiger partial charge in [0.2, 0.25) is 0 Å². The first-order valence-electron chi connectivity index (χ1n) is 10.5. The van der Waals surface area contributed by atoms with Gasteiger partial charge in [-0.2, -0.15) is 0 Å². The van der Waals surface area contributed by atoms with E-state index in [0.717, 1.165) is 51.0 Å². The summed E-state index contributed by atoms with van der Waals surface area (Å²) in [7, 11) is 1.69. The fourth-order valence-corrected chi connectivity index (χ4v) is 3.73. The third kappa shape index (κ3) is 6.36. The Hall–Kier alpha value is -1.83. The van der Waals surface area contributed by atoms with Crippen molar-refractivity contribution in [2.45, 2.75) is 25.9 Å². The van der Waals surface area contributed by atoms with Crippen LogP contribution >= 0.6 is 0 Å². The second-order valence-electron chi connectivity index (χ2n) is 7.36. The Kier molecular flexibility index (Phi) is 8.39. The maximum absolute atomic E-state index is 5.43. The topological polar surface area (TPSA) is 61.4 Å². The molecule has 2 N–H and O–H groups in total. The van der Waals surface area contributed by atoms with E-state index in [1.165, 1.54) is 31.7 Å². The van der Waals surface area contributed by atoms with Crippen LogP contribution in [0, 0.1) is 0 Å². The van der Waals surface area contributed by atoms with Crippen molar-refractivity contribution in [3.05, 3.63) is 29.8 Å². The molecule has 0 saturated carbocycles. The zero-order chi connectivity index (χ0) is 19.6. The number of benzene rings is 1. The van der Waals surface area contributed by atoms with Crippen molar-refractivity contribution in [1.29, 1.82) is 0 Å². The van der Waals surface area contributed by atoms with Gasteiger partial charge in [0.1, 0.15) is 5.75 Å². The molecule has 1 aromatic rings. The lowest BCUT2D eigenvalue weighted by molar-refractivity contribution is 0.0154. The fraction of sp³-hybridized carbons (Fsp3) is 0.667. The largest absolute Gasteiger partial charge is 0.497 e. The average Bonchev–Trinajstić information content (AvgIpc) is 2.76. The van der Waals surface area contributed by atoms with Crippen LogP contribution in [0.15, 0.2) is 29.3 Å². The van der Waals surface area contributed by atoms with Gasteiger partial charge in [-0.3, -0.25) is 9.80 Å². The molecule has 1 aromatic carbocycles. The molecule has 28 heavy (non-hydrogen) atoms. The van der Waals surface area contributed by atoms with Crippen LogP contribution in [-0.2, 0) is 11.3 Å². The molecule has 0 amide bonds. The summed E-state index contributed by atoms with van der Waals surface area (Å²) in [4.78, 5) is 9.96. The molecular formula is C21H35N5O2. The second-order valence-corrected chi connectivity index (χ2v) is 7.36. The van der Waals surface area contributed by atoms with Gasteiger partial charge in [0.15, 0.2) is 5.96 Å². The first-order valence-corrected chi connectivity index (χ1v) is 10.5. The molecule has 7 heteroatoms. The summed E-state index contributed by atoms with van der Waals surface area (Å²) < 4.78 is 10.7. The zero-order valence-electron chi connectivity index (χ0n) is 17.3. The number of hydrogen-bond donors (Lipinski definition) is 2. The molecule has 3 aliphatic rings. The highest BCUT2D eigenvalue weighted by Gasteiger charge is 2.31. The van der Waals surface area contributed by atoms with E-state index in [0.29, 0.717) is 12.6 Å². The Morgan fingerprint density at radius 2 is 1.93 bits per heavy atom. The molecule has 0 aromatic heterocycles. The van der Waals surface area contributed by atoms with E-state index in [9.17, 15) is 0 Å². The molecule has 4 rings (SSSR count). The minimum atomic E-state index is 0.568. The maximum Gasteiger partial charge on any atom is 0.191 e. The van der Waals surface area contributed by atoms with E-state index in [4.69, 9.17) is 14.5 Å². The van der Waals surface area contributed by atoms with E-state index in [2.05, 4.69) is 32.6 Å². The highest BCUT2D eigenvalue weighted by Crippen LogP contribution is 2.15. The zero-order valence-corrected chi connectivity index (χ0v) is 17.3. The Labute approximate surface area is 169 Å². The number of hydrogen-bond acceptors (Lipinski definition) is 5. The van der Waals surface area contributed by atoms with Gasteiger partial charge in [-0.05, 0) is 31.0 Å². The lowest BCUT2D eigenvalue weighted by Gasteiger charge is -2.47. The predicted octanol–water partition coefficient (Wildman–Crippen LogP) is 1.16. The summed E-state index contributed by atoms with van der Waals surface area (Å²) in [5, 5.41) is 7.02. The van der Waals surface area contributed by atoms with Gasteiger partial charge in [-0.1, -0.05) is 12.1 Å². The average molecular weight is 390 g/mol. The van der Waals surface area contributed by atoms with E-state index < -0.39 is 0 Å². The molecule has 3 fully saturated rings. The molecule has 2 bridgehead atoms. The number of aliphatic imine (C=N–C) groups is 1. The van der Waals surface area contributed by atoms with Gasteiger partial charge >= 0.3 is 0 Å². The lowest BCUT2D eigenvalue weighted by atomic mass is 10.1. The minimum absolute atomic E-state index is 0.568. The number of methoxy groups -OCH3 is 1. The Morgan fingerprint density at radius 1 is 1.14 bits per heavy atom. The van der Waals surface area contributed by atoms with Gasteiger partial charge < -0.3 is 20.1 Å². The van der Waals surface area contributed by atoms with Crippen LogP contribution in [-0.4, -0.2) is 87.9 Å². The normalized spacial score (nSPS) is 24.2. The SMILES string of the molecule is CCOCCCNC(=NCc1ccc(OC)cc1)NCC1CN2CCN1CC2. The van der Waals surface area contributed by atoms with E-state index in [1.807, 2.05) is 19.1 Å². The monoisotopic (exact) mass is 389 g/mol. The molecule has 0 spiro atoms. The number of piperazine rings is 3. The summed E-state index contributed by atoms with van der Waals surface area (Å²) in [6, 6.07) is 8.66. The third-order valence-corrected chi connectivity index (χ3v) is 5.44. The van der Waals surface area contributed by atoms with Crippen LogP contribution in [0.4, 0.5) is 0 Å². The van der Waals surface area contributed by atoms with Gasteiger partial charge in [-0.15, -0.1) is 0 Å². The molecule has 0 aliphatic carbocycles. The lowest BCUT2D eigenvalue weighted by Crippen LogP contribution is -2.63.